The summed E-state index contributed by atoms with van der Waals surface area (Å²) in [4.78, 5) is 11.1. The van der Waals surface area contributed by atoms with Gasteiger partial charge in [-0.1, -0.05) is 6.07 Å². The number of nitrogens with two attached hydrogens (primary N) is 1. The van der Waals surface area contributed by atoms with Crippen LogP contribution in [0.4, 0.5) is 11.4 Å². The van der Waals surface area contributed by atoms with Gasteiger partial charge in [-0.25, -0.2) is 0 Å². The van der Waals surface area contributed by atoms with Crippen molar-refractivity contribution < 1.29 is 0 Å². The van der Waals surface area contributed by atoms with E-state index in [1.54, 1.807) is 0 Å². The highest BCUT2D eigenvalue weighted by Gasteiger charge is 2.10. The van der Waals surface area contributed by atoms with Gasteiger partial charge in [-0.05, 0) is 43.3 Å². The zero-order chi connectivity index (χ0) is 14.8. The Balaban J connectivity index is 2.04. The SMILES string of the molecule is Cc1cc(N(C)Cc2ccccn2)c2cc(N)ccc2n1. The van der Waals surface area contributed by atoms with Crippen LogP contribution in [0.2, 0.25) is 0 Å². The largest absolute Gasteiger partial charge is 0.399 e. The fraction of sp³-hybridized carbons (Fsp3) is 0.176. The topological polar surface area (TPSA) is 55.0 Å². The predicted molar refractivity (Wildman–Crippen MR) is 87.2 cm³/mol. The zero-order valence-electron chi connectivity index (χ0n) is 12.2. The van der Waals surface area contributed by atoms with E-state index in [1.165, 1.54) is 0 Å². The maximum absolute atomic E-state index is 5.92. The van der Waals surface area contributed by atoms with Gasteiger partial charge < -0.3 is 10.6 Å². The molecule has 0 aliphatic rings. The lowest BCUT2D eigenvalue weighted by molar-refractivity contribution is 0.887. The van der Waals surface area contributed by atoms with Crippen molar-refractivity contribution in [1.82, 2.24) is 9.97 Å². The maximum Gasteiger partial charge on any atom is 0.0727 e. The number of anilines is 2. The Morgan fingerprint density at radius 1 is 1.14 bits per heavy atom. The molecule has 3 aromatic rings. The number of nitrogen functional groups attached to an aromatic ring is 1. The van der Waals surface area contributed by atoms with Gasteiger partial charge in [0, 0.05) is 35.7 Å². The monoisotopic (exact) mass is 278 g/mol. The van der Waals surface area contributed by atoms with Crippen molar-refractivity contribution >= 4 is 22.3 Å². The van der Waals surface area contributed by atoms with Gasteiger partial charge in [-0.15, -0.1) is 0 Å². The van der Waals surface area contributed by atoms with Crippen LogP contribution in [0.3, 0.4) is 0 Å². The van der Waals surface area contributed by atoms with E-state index >= 15 is 0 Å². The Kier molecular flexibility index (Phi) is 3.44. The van der Waals surface area contributed by atoms with Crippen LogP contribution in [0.1, 0.15) is 11.4 Å². The Morgan fingerprint density at radius 2 is 2.00 bits per heavy atom. The summed E-state index contributed by atoms with van der Waals surface area (Å²) in [5.74, 6) is 0. The number of fused-ring (bicyclic) bond motifs is 1. The number of aromatic nitrogens is 2. The molecule has 0 unspecified atom stereocenters. The minimum absolute atomic E-state index is 0.744. The molecular weight excluding hydrogens is 260 g/mol. The molecule has 2 aromatic heterocycles. The van der Waals surface area contributed by atoms with Crippen LogP contribution in [-0.2, 0) is 6.54 Å². The third-order valence-corrected chi connectivity index (χ3v) is 3.48. The molecular formula is C17H18N4. The highest BCUT2D eigenvalue weighted by atomic mass is 15.1. The molecule has 3 rings (SSSR count). The summed E-state index contributed by atoms with van der Waals surface area (Å²) in [6.07, 6.45) is 1.82. The Bertz CT molecular complexity index is 768. The molecule has 1 aromatic carbocycles. The van der Waals surface area contributed by atoms with Crippen molar-refractivity contribution in [3.8, 4) is 0 Å². The van der Waals surface area contributed by atoms with E-state index in [1.807, 2.05) is 49.5 Å². The first-order valence-electron chi connectivity index (χ1n) is 6.91. The molecule has 0 fully saturated rings. The van der Waals surface area contributed by atoms with Gasteiger partial charge >= 0.3 is 0 Å². The molecule has 0 aliphatic heterocycles. The smallest absolute Gasteiger partial charge is 0.0727 e. The van der Waals surface area contributed by atoms with E-state index in [2.05, 4.69) is 28.0 Å². The number of nitrogens with zero attached hydrogens (tertiary/aromatic N) is 3. The first-order chi connectivity index (χ1) is 10.1. The molecule has 4 nitrogen and oxygen atoms in total. The number of benzene rings is 1. The second kappa shape index (κ2) is 5.40. The van der Waals surface area contributed by atoms with Crippen LogP contribution >= 0.6 is 0 Å². The minimum Gasteiger partial charge on any atom is -0.399 e. The molecule has 0 saturated carbocycles. The van der Waals surface area contributed by atoms with Gasteiger partial charge in [0.2, 0.25) is 0 Å². The summed E-state index contributed by atoms with van der Waals surface area (Å²) in [5.41, 5.74) is 10.8. The Labute approximate surface area is 124 Å². The molecule has 2 N–H and O–H groups in total. The summed E-state index contributed by atoms with van der Waals surface area (Å²) in [7, 11) is 2.06. The molecule has 0 spiro atoms. The van der Waals surface area contributed by atoms with Crippen molar-refractivity contribution in [1.29, 1.82) is 0 Å². The van der Waals surface area contributed by atoms with Gasteiger partial charge in [-0.2, -0.15) is 0 Å². The lowest BCUT2D eigenvalue weighted by atomic mass is 10.1. The third kappa shape index (κ3) is 2.79. The highest BCUT2D eigenvalue weighted by Crippen LogP contribution is 2.28. The van der Waals surface area contributed by atoms with Crippen LogP contribution in [0.15, 0.2) is 48.7 Å². The fourth-order valence-electron chi connectivity index (χ4n) is 2.49. The van der Waals surface area contributed by atoms with Gasteiger partial charge in [0.1, 0.15) is 0 Å². The molecule has 0 aliphatic carbocycles. The second-order valence-corrected chi connectivity index (χ2v) is 5.24. The van der Waals surface area contributed by atoms with E-state index in [9.17, 15) is 0 Å². The van der Waals surface area contributed by atoms with Gasteiger partial charge in [0.15, 0.2) is 0 Å². The average Bonchev–Trinajstić information content (AvgIpc) is 2.48. The number of aryl methyl sites for hydroxylation is 1. The molecule has 0 atom stereocenters. The van der Waals surface area contributed by atoms with Gasteiger partial charge in [-0.3, -0.25) is 9.97 Å². The Hall–Kier alpha value is -2.62. The molecule has 0 bridgehead atoms. The van der Waals surface area contributed by atoms with Crippen LogP contribution in [0, 0.1) is 6.92 Å². The molecule has 4 heteroatoms. The molecule has 106 valence electrons. The summed E-state index contributed by atoms with van der Waals surface area (Å²) in [5, 5.41) is 1.07. The van der Waals surface area contributed by atoms with Gasteiger partial charge in [0.05, 0.1) is 17.8 Å². The lowest BCUT2D eigenvalue weighted by Crippen LogP contribution is -2.18. The summed E-state index contributed by atoms with van der Waals surface area (Å²) in [6, 6.07) is 13.9. The van der Waals surface area contributed by atoms with E-state index in [0.717, 1.165) is 40.2 Å². The summed E-state index contributed by atoms with van der Waals surface area (Å²) < 4.78 is 0. The standard InChI is InChI=1S/C17H18N4/c1-12-9-17(15-10-13(18)6-7-16(15)20-12)21(2)11-14-5-3-4-8-19-14/h3-10H,11,18H2,1-2H3. The zero-order valence-corrected chi connectivity index (χ0v) is 12.2. The first kappa shape index (κ1) is 13.4. The lowest BCUT2D eigenvalue weighted by Gasteiger charge is -2.21. The number of pyridine rings is 2. The molecule has 2 heterocycles. The summed E-state index contributed by atoms with van der Waals surface area (Å²) >= 11 is 0. The third-order valence-electron chi connectivity index (χ3n) is 3.48. The number of rotatable bonds is 3. The van der Waals surface area contributed by atoms with Crippen LogP contribution in [-0.4, -0.2) is 17.0 Å². The van der Waals surface area contributed by atoms with Crippen LogP contribution in [0.25, 0.3) is 10.9 Å². The van der Waals surface area contributed by atoms with E-state index < -0.39 is 0 Å². The predicted octanol–water partition coefficient (Wildman–Crippen LogP) is 3.16. The quantitative estimate of drug-likeness (QED) is 0.748. The average molecular weight is 278 g/mol. The molecule has 0 radical (unpaired) electrons. The van der Waals surface area contributed by atoms with E-state index in [4.69, 9.17) is 5.73 Å². The molecule has 0 amide bonds. The number of hydrogen-bond acceptors (Lipinski definition) is 4. The van der Waals surface area contributed by atoms with Crippen LogP contribution < -0.4 is 10.6 Å². The van der Waals surface area contributed by atoms with Crippen molar-refractivity contribution in [2.45, 2.75) is 13.5 Å². The van der Waals surface area contributed by atoms with Crippen molar-refractivity contribution in [2.24, 2.45) is 0 Å². The van der Waals surface area contributed by atoms with E-state index in [0.29, 0.717) is 0 Å². The van der Waals surface area contributed by atoms with Crippen molar-refractivity contribution in [3.05, 3.63) is 60.0 Å². The van der Waals surface area contributed by atoms with E-state index in [-0.39, 0.29) is 0 Å². The van der Waals surface area contributed by atoms with Crippen LogP contribution in [0.5, 0.6) is 0 Å². The maximum atomic E-state index is 5.92. The van der Waals surface area contributed by atoms with Gasteiger partial charge in [0.25, 0.3) is 0 Å². The minimum atomic E-state index is 0.744. The molecule has 0 saturated heterocycles. The highest BCUT2D eigenvalue weighted by molar-refractivity contribution is 5.93. The summed E-state index contributed by atoms with van der Waals surface area (Å²) in [6.45, 7) is 2.75. The molecule has 21 heavy (non-hydrogen) atoms. The second-order valence-electron chi connectivity index (χ2n) is 5.24. The number of hydrogen-bond donors (Lipinski definition) is 1. The Morgan fingerprint density at radius 3 is 2.76 bits per heavy atom. The fourth-order valence-corrected chi connectivity index (χ4v) is 2.49. The van der Waals surface area contributed by atoms with Crippen molar-refractivity contribution in [3.63, 3.8) is 0 Å². The normalized spacial score (nSPS) is 10.8. The first-order valence-corrected chi connectivity index (χ1v) is 6.91. The van der Waals surface area contributed by atoms with Crippen molar-refractivity contribution in [2.75, 3.05) is 17.7 Å².